The summed E-state index contributed by atoms with van der Waals surface area (Å²) in [6.45, 7) is 1.26. The van der Waals surface area contributed by atoms with Crippen molar-refractivity contribution in [3.63, 3.8) is 0 Å². The third kappa shape index (κ3) is 3.66. The molecule has 0 bridgehead atoms. The van der Waals surface area contributed by atoms with Crippen LogP contribution in [0.15, 0.2) is 48.5 Å². The Hall–Kier alpha value is -2.86. The van der Waals surface area contributed by atoms with E-state index in [4.69, 9.17) is 10.5 Å². The van der Waals surface area contributed by atoms with Crippen LogP contribution in [0.1, 0.15) is 29.2 Å². The van der Waals surface area contributed by atoms with Gasteiger partial charge < -0.3 is 15.8 Å². The van der Waals surface area contributed by atoms with Crippen molar-refractivity contribution in [3.8, 4) is 5.75 Å². The van der Waals surface area contributed by atoms with Gasteiger partial charge in [-0.3, -0.25) is 14.5 Å². The first-order valence-corrected chi connectivity index (χ1v) is 9.23. The van der Waals surface area contributed by atoms with Crippen LogP contribution in [0, 0.1) is 0 Å². The number of nitrogens with two attached hydrogens (primary N) is 1. The monoisotopic (exact) mass is 365 g/mol. The van der Waals surface area contributed by atoms with Gasteiger partial charge in [0.2, 0.25) is 11.8 Å². The lowest BCUT2D eigenvalue weighted by molar-refractivity contribution is -0.128. The van der Waals surface area contributed by atoms with Crippen molar-refractivity contribution in [1.29, 1.82) is 0 Å². The van der Waals surface area contributed by atoms with Crippen LogP contribution in [-0.4, -0.2) is 35.9 Å². The molecule has 0 saturated heterocycles. The quantitative estimate of drug-likeness (QED) is 0.861. The van der Waals surface area contributed by atoms with E-state index in [1.54, 1.807) is 0 Å². The highest BCUT2D eigenvalue weighted by atomic mass is 16.5. The van der Waals surface area contributed by atoms with Crippen LogP contribution in [0.25, 0.3) is 0 Å². The Morgan fingerprint density at radius 1 is 1.11 bits per heavy atom. The van der Waals surface area contributed by atoms with Gasteiger partial charge in [-0.15, -0.1) is 0 Å². The van der Waals surface area contributed by atoms with E-state index in [0.717, 1.165) is 28.9 Å². The number of hydrogen-bond acceptors (Lipinski definition) is 4. The number of rotatable bonds is 4. The fourth-order valence-corrected chi connectivity index (χ4v) is 3.94. The average molecular weight is 365 g/mol. The van der Waals surface area contributed by atoms with E-state index in [1.165, 1.54) is 0 Å². The number of benzene rings is 2. The molecule has 2 atom stereocenters. The van der Waals surface area contributed by atoms with Crippen LogP contribution in [0.5, 0.6) is 5.75 Å². The number of para-hydroxylation sites is 1. The predicted molar refractivity (Wildman–Crippen MR) is 101 cm³/mol. The number of amides is 2. The van der Waals surface area contributed by atoms with Crippen molar-refractivity contribution >= 4 is 11.8 Å². The minimum Gasteiger partial charge on any atom is -0.493 e. The molecule has 2 aliphatic rings. The van der Waals surface area contributed by atoms with Crippen LogP contribution in [-0.2, 0) is 22.6 Å². The Balaban J connectivity index is 1.47. The standard InChI is InChI=1S/C21H23N3O3/c22-21(26)18-11-14-5-1-2-6-15(14)12-24(18)13-20(25)23-17-9-10-27-19-8-4-3-7-16(17)19/h1-8,17-18H,9-13H2,(H2,22,26)(H,23,25). The summed E-state index contributed by atoms with van der Waals surface area (Å²) in [6.07, 6.45) is 1.27. The molecule has 6 nitrogen and oxygen atoms in total. The van der Waals surface area contributed by atoms with E-state index in [0.29, 0.717) is 19.6 Å². The normalized spacial score (nSPS) is 21.5. The first-order valence-electron chi connectivity index (χ1n) is 9.23. The lowest BCUT2D eigenvalue weighted by Gasteiger charge is -2.35. The molecule has 3 N–H and O–H groups in total. The van der Waals surface area contributed by atoms with Gasteiger partial charge in [0.1, 0.15) is 5.75 Å². The smallest absolute Gasteiger partial charge is 0.235 e. The Morgan fingerprint density at radius 2 is 1.85 bits per heavy atom. The zero-order valence-corrected chi connectivity index (χ0v) is 15.1. The second-order valence-electron chi connectivity index (χ2n) is 7.09. The molecule has 0 aliphatic carbocycles. The van der Waals surface area contributed by atoms with Crippen molar-refractivity contribution < 1.29 is 14.3 Å². The number of nitrogens with one attached hydrogen (secondary N) is 1. The topological polar surface area (TPSA) is 84.7 Å². The van der Waals surface area contributed by atoms with Crippen LogP contribution >= 0.6 is 0 Å². The molecule has 0 aromatic heterocycles. The first kappa shape index (κ1) is 17.5. The first-order chi connectivity index (χ1) is 13.1. The number of carbonyl (C=O) groups is 2. The molecule has 2 aliphatic heterocycles. The molecule has 6 heteroatoms. The number of carbonyl (C=O) groups excluding carboxylic acids is 2. The second kappa shape index (κ2) is 7.40. The average Bonchev–Trinajstić information content (AvgIpc) is 2.67. The molecule has 27 heavy (non-hydrogen) atoms. The molecular weight excluding hydrogens is 342 g/mol. The summed E-state index contributed by atoms with van der Waals surface area (Å²) < 4.78 is 5.65. The van der Waals surface area contributed by atoms with Crippen LogP contribution in [0.3, 0.4) is 0 Å². The van der Waals surface area contributed by atoms with Crippen molar-refractivity contribution in [2.75, 3.05) is 13.2 Å². The molecule has 2 amide bonds. The van der Waals surface area contributed by atoms with E-state index in [-0.39, 0.29) is 18.5 Å². The second-order valence-corrected chi connectivity index (χ2v) is 7.09. The lowest BCUT2D eigenvalue weighted by Crippen LogP contribution is -2.52. The number of fused-ring (bicyclic) bond motifs is 2. The molecule has 140 valence electrons. The fraction of sp³-hybridized carbons (Fsp3) is 0.333. The molecule has 2 aromatic rings. The van der Waals surface area contributed by atoms with Crippen molar-refractivity contribution in [2.24, 2.45) is 5.73 Å². The number of hydrogen-bond donors (Lipinski definition) is 2. The van der Waals surface area contributed by atoms with Gasteiger partial charge in [-0.1, -0.05) is 42.5 Å². The minimum absolute atomic E-state index is 0.0773. The number of nitrogens with zero attached hydrogens (tertiary/aromatic N) is 1. The molecule has 0 fully saturated rings. The van der Waals surface area contributed by atoms with Crippen molar-refractivity contribution in [1.82, 2.24) is 10.2 Å². The Morgan fingerprint density at radius 3 is 2.67 bits per heavy atom. The summed E-state index contributed by atoms with van der Waals surface area (Å²) in [6, 6.07) is 15.2. The SMILES string of the molecule is NC(=O)C1Cc2ccccc2CN1CC(=O)NC1CCOc2ccccc21. The summed E-state index contributed by atoms with van der Waals surface area (Å²) in [4.78, 5) is 26.5. The summed E-state index contributed by atoms with van der Waals surface area (Å²) in [5.74, 6) is 0.312. The van der Waals surface area contributed by atoms with Crippen LogP contribution < -0.4 is 15.8 Å². The summed E-state index contributed by atoms with van der Waals surface area (Å²) in [5.41, 5.74) is 8.86. The van der Waals surface area contributed by atoms with Gasteiger partial charge in [0.05, 0.1) is 25.2 Å². The van der Waals surface area contributed by atoms with Gasteiger partial charge in [0, 0.05) is 18.5 Å². The third-order valence-corrected chi connectivity index (χ3v) is 5.31. The molecule has 2 unspecified atom stereocenters. The zero-order chi connectivity index (χ0) is 18.8. The van der Waals surface area contributed by atoms with Crippen molar-refractivity contribution in [2.45, 2.75) is 31.5 Å². The Bertz CT molecular complexity index is 867. The Labute approximate surface area is 158 Å². The van der Waals surface area contributed by atoms with Crippen molar-refractivity contribution in [3.05, 3.63) is 65.2 Å². The van der Waals surface area contributed by atoms with Gasteiger partial charge in [0.15, 0.2) is 0 Å². The maximum Gasteiger partial charge on any atom is 0.235 e. The number of primary amides is 1. The molecule has 2 aromatic carbocycles. The van der Waals surface area contributed by atoms with Gasteiger partial charge in [-0.05, 0) is 23.6 Å². The lowest BCUT2D eigenvalue weighted by atomic mass is 9.93. The predicted octanol–water partition coefficient (Wildman–Crippen LogP) is 1.54. The van der Waals surface area contributed by atoms with Gasteiger partial charge >= 0.3 is 0 Å². The van der Waals surface area contributed by atoms with Crippen LogP contribution in [0.2, 0.25) is 0 Å². The Kier molecular flexibility index (Phi) is 4.81. The minimum atomic E-state index is -0.465. The summed E-state index contributed by atoms with van der Waals surface area (Å²) in [7, 11) is 0. The summed E-state index contributed by atoms with van der Waals surface area (Å²) in [5, 5.41) is 3.09. The highest BCUT2D eigenvalue weighted by molar-refractivity contribution is 5.83. The van der Waals surface area contributed by atoms with Crippen LogP contribution in [0.4, 0.5) is 0 Å². The number of ether oxygens (including phenoxy) is 1. The van der Waals surface area contributed by atoms with E-state index in [9.17, 15) is 9.59 Å². The largest absolute Gasteiger partial charge is 0.493 e. The third-order valence-electron chi connectivity index (χ3n) is 5.31. The van der Waals surface area contributed by atoms with E-state index in [1.807, 2.05) is 53.4 Å². The molecule has 0 spiro atoms. The highest BCUT2D eigenvalue weighted by Gasteiger charge is 2.32. The molecule has 0 saturated carbocycles. The summed E-state index contributed by atoms with van der Waals surface area (Å²) >= 11 is 0. The van der Waals surface area contributed by atoms with Gasteiger partial charge in [-0.25, -0.2) is 0 Å². The van der Waals surface area contributed by atoms with Gasteiger partial charge in [0.25, 0.3) is 0 Å². The highest BCUT2D eigenvalue weighted by Crippen LogP contribution is 2.31. The molecule has 0 radical (unpaired) electrons. The fourth-order valence-electron chi connectivity index (χ4n) is 3.94. The van der Waals surface area contributed by atoms with E-state index in [2.05, 4.69) is 5.32 Å². The maximum atomic E-state index is 12.7. The molecule has 2 heterocycles. The maximum absolute atomic E-state index is 12.7. The van der Waals surface area contributed by atoms with Gasteiger partial charge in [-0.2, -0.15) is 0 Å². The molecule has 4 rings (SSSR count). The van der Waals surface area contributed by atoms with E-state index < -0.39 is 11.9 Å². The zero-order valence-electron chi connectivity index (χ0n) is 15.1. The molecular formula is C21H23N3O3. The van der Waals surface area contributed by atoms with E-state index >= 15 is 0 Å².